The van der Waals surface area contributed by atoms with Crippen molar-refractivity contribution in [1.29, 1.82) is 0 Å². The maximum absolute atomic E-state index is 11.4. The normalized spacial score (nSPS) is 26.5. The summed E-state index contributed by atoms with van der Waals surface area (Å²) in [4.78, 5) is 11.4. The molecule has 1 aliphatic rings. The fourth-order valence-corrected chi connectivity index (χ4v) is 1.55. The van der Waals surface area contributed by atoms with Crippen LogP contribution in [0.15, 0.2) is 36.0 Å². The second-order valence-corrected chi connectivity index (χ2v) is 3.42. The summed E-state index contributed by atoms with van der Waals surface area (Å²) in [5, 5.41) is 0. The van der Waals surface area contributed by atoms with Crippen molar-refractivity contribution >= 4 is 5.97 Å². The van der Waals surface area contributed by atoms with Gasteiger partial charge >= 0.3 is 5.97 Å². The number of carbonyl (C=O) groups excluding carboxylic acids is 1. The Balaban J connectivity index is 3.20. The van der Waals surface area contributed by atoms with E-state index in [0.29, 0.717) is 5.57 Å². The molecule has 2 heteroatoms. The molecule has 1 heterocycles. The van der Waals surface area contributed by atoms with Gasteiger partial charge in [0, 0.05) is 5.57 Å². The van der Waals surface area contributed by atoms with E-state index in [0.717, 1.165) is 5.57 Å². The second kappa shape index (κ2) is 3.21. The molecule has 0 radical (unpaired) electrons. The van der Waals surface area contributed by atoms with Crippen LogP contribution < -0.4 is 0 Å². The third-order valence-corrected chi connectivity index (χ3v) is 2.08. The Labute approximate surface area is 78.6 Å². The van der Waals surface area contributed by atoms with Gasteiger partial charge in [-0.2, -0.15) is 0 Å². The fourth-order valence-electron chi connectivity index (χ4n) is 1.55. The molecule has 0 atom stereocenters. The zero-order valence-electron chi connectivity index (χ0n) is 8.26. The summed E-state index contributed by atoms with van der Waals surface area (Å²) in [6, 6.07) is 0. The molecule has 1 fully saturated rings. The highest BCUT2D eigenvalue weighted by Crippen LogP contribution is 2.35. The Morgan fingerprint density at radius 1 is 1.46 bits per heavy atom. The second-order valence-electron chi connectivity index (χ2n) is 3.42. The zero-order valence-corrected chi connectivity index (χ0v) is 8.26. The molecule has 0 unspecified atom stereocenters. The molecule has 0 aromatic rings. The van der Waals surface area contributed by atoms with Crippen LogP contribution in [-0.4, -0.2) is 11.6 Å². The van der Waals surface area contributed by atoms with Crippen LogP contribution in [0.5, 0.6) is 0 Å². The van der Waals surface area contributed by atoms with E-state index >= 15 is 0 Å². The van der Waals surface area contributed by atoms with Crippen LogP contribution in [0.1, 0.15) is 20.8 Å². The van der Waals surface area contributed by atoms with Gasteiger partial charge < -0.3 is 4.74 Å². The highest BCUT2D eigenvalue weighted by Gasteiger charge is 2.39. The molecule has 0 saturated carbocycles. The smallest absolute Gasteiger partial charge is 0.339 e. The van der Waals surface area contributed by atoms with Crippen LogP contribution in [0.25, 0.3) is 0 Å². The van der Waals surface area contributed by atoms with Crippen molar-refractivity contribution in [2.45, 2.75) is 26.4 Å². The average Bonchev–Trinajstić information content (AvgIpc) is 2.22. The maximum atomic E-state index is 11.4. The number of cyclic esters (lactones) is 1. The Bertz CT molecular complexity index is 306. The monoisotopic (exact) mass is 178 g/mol. The van der Waals surface area contributed by atoms with E-state index in [1.165, 1.54) is 0 Å². The molecule has 0 amide bonds. The number of esters is 1. The molecule has 1 saturated heterocycles. The summed E-state index contributed by atoms with van der Waals surface area (Å²) in [6.45, 7) is 9.22. The molecular formula is C11H14O2. The number of carbonyl (C=O) groups is 1. The van der Waals surface area contributed by atoms with Gasteiger partial charge in [0.25, 0.3) is 0 Å². The molecule has 0 bridgehead atoms. The van der Waals surface area contributed by atoms with Gasteiger partial charge in [0.2, 0.25) is 0 Å². The van der Waals surface area contributed by atoms with Crippen LogP contribution in [0, 0.1) is 0 Å². The molecule has 0 N–H and O–H groups in total. The highest BCUT2D eigenvalue weighted by molar-refractivity contribution is 5.98. The van der Waals surface area contributed by atoms with Crippen molar-refractivity contribution in [3.8, 4) is 0 Å². The predicted molar refractivity (Wildman–Crippen MR) is 52.2 cm³/mol. The zero-order chi connectivity index (χ0) is 10.1. The molecule has 1 aliphatic heterocycles. The van der Waals surface area contributed by atoms with E-state index in [2.05, 4.69) is 6.58 Å². The Morgan fingerprint density at radius 3 is 2.54 bits per heavy atom. The first-order chi connectivity index (χ1) is 6.03. The third kappa shape index (κ3) is 1.57. The van der Waals surface area contributed by atoms with Gasteiger partial charge in [-0.25, -0.2) is 4.79 Å². The summed E-state index contributed by atoms with van der Waals surface area (Å²) in [7, 11) is 0. The molecular weight excluding hydrogens is 164 g/mol. The first kappa shape index (κ1) is 9.78. The maximum Gasteiger partial charge on any atom is 0.339 e. The third-order valence-electron chi connectivity index (χ3n) is 2.08. The Hall–Kier alpha value is -1.31. The summed E-state index contributed by atoms with van der Waals surface area (Å²) in [5.41, 5.74) is 1.04. The molecule has 0 aromatic heterocycles. The van der Waals surface area contributed by atoms with Crippen LogP contribution in [0.4, 0.5) is 0 Å². The van der Waals surface area contributed by atoms with Crippen LogP contribution in [-0.2, 0) is 9.53 Å². The molecule has 70 valence electrons. The standard InChI is InChI=1S/C11H14O2/c1-5-7-8-9(6-2)11(3,4)13-10(8)12/h5-7H,1H2,2-4H3/b8-7+,9-6+. The highest BCUT2D eigenvalue weighted by atomic mass is 16.6. The minimum absolute atomic E-state index is 0.266. The lowest BCUT2D eigenvalue weighted by atomic mass is 9.94. The van der Waals surface area contributed by atoms with E-state index in [1.54, 1.807) is 12.2 Å². The van der Waals surface area contributed by atoms with Crippen molar-refractivity contribution in [3.05, 3.63) is 36.0 Å². The van der Waals surface area contributed by atoms with Gasteiger partial charge in [0.1, 0.15) is 5.60 Å². The minimum atomic E-state index is -0.499. The molecule has 0 spiro atoms. The number of allylic oxidation sites excluding steroid dienone is 3. The van der Waals surface area contributed by atoms with Crippen LogP contribution >= 0.6 is 0 Å². The molecule has 0 aliphatic carbocycles. The number of rotatable bonds is 1. The molecule has 13 heavy (non-hydrogen) atoms. The van der Waals surface area contributed by atoms with Crippen molar-refractivity contribution in [1.82, 2.24) is 0 Å². The quantitative estimate of drug-likeness (QED) is 0.455. The van der Waals surface area contributed by atoms with Crippen molar-refractivity contribution in [2.24, 2.45) is 0 Å². The minimum Gasteiger partial charge on any atom is -0.451 e. The van der Waals surface area contributed by atoms with E-state index in [-0.39, 0.29) is 5.97 Å². The van der Waals surface area contributed by atoms with Crippen LogP contribution in [0.2, 0.25) is 0 Å². The first-order valence-corrected chi connectivity index (χ1v) is 4.26. The van der Waals surface area contributed by atoms with Crippen LogP contribution in [0.3, 0.4) is 0 Å². The van der Waals surface area contributed by atoms with Crippen molar-refractivity contribution < 1.29 is 9.53 Å². The van der Waals surface area contributed by atoms with E-state index in [4.69, 9.17) is 4.74 Å². The summed E-state index contributed by atoms with van der Waals surface area (Å²) >= 11 is 0. The van der Waals surface area contributed by atoms with Gasteiger partial charge in [-0.1, -0.05) is 18.7 Å². The van der Waals surface area contributed by atoms with E-state index in [9.17, 15) is 4.79 Å². The van der Waals surface area contributed by atoms with Crippen molar-refractivity contribution in [2.75, 3.05) is 0 Å². The number of hydrogen-bond donors (Lipinski definition) is 0. The van der Waals surface area contributed by atoms with E-state index in [1.807, 2.05) is 26.8 Å². The molecule has 1 rings (SSSR count). The van der Waals surface area contributed by atoms with E-state index < -0.39 is 5.60 Å². The van der Waals surface area contributed by atoms with Crippen molar-refractivity contribution in [3.63, 3.8) is 0 Å². The number of hydrogen-bond acceptors (Lipinski definition) is 2. The summed E-state index contributed by atoms with van der Waals surface area (Å²) in [5.74, 6) is -0.266. The topological polar surface area (TPSA) is 26.3 Å². The Kier molecular flexibility index (Phi) is 2.41. The predicted octanol–water partition coefficient (Wildman–Crippen LogP) is 2.38. The van der Waals surface area contributed by atoms with Gasteiger partial charge in [0.15, 0.2) is 0 Å². The average molecular weight is 178 g/mol. The van der Waals surface area contributed by atoms with Gasteiger partial charge in [-0.05, 0) is 26.8 Å². The lowest BCUT2D eigenvalue weighted by Gasteiger charge is -2.17. The lowest BCUT2D eigenvalue weighted by Crippen LogP contribution is -2.20. The van der Waals surface area contributed by atoms with Gasteiger partial charge in [0.05, 0.1) is 5.57 Å². The summed E-state index contributed by atoms with van der Waals surface area (Å²) in [6.07, 6.45) is 5.19. The fraction of sp³-hybridized carbons (Fsp3) is 0.364. The van der Waals surface area contributed by atoms with Gasteiger partial charge in [-0.15, -0.1) is 0 Å². The lowest BCUT2D eigenvalue weighted by molar-refractivity contribution is -0.142. The molecule has 0 aromatic carbocycles. The summed E-state index contributed by atoms with van der Waals surface area (Å²) < 4.78 is 5.19. The molecule has 2 nitrogen and oxygen atoms in total. The SMILES string of the molecule is C=C/C=C1/C(=O)OC(C)(C)/C1=C/C. The van der Waals surface area contributed by atoms with Gasteiger partial charge in [-0.3, -0.25) is 0 Å². The Morgan fingerprint density at radius 2 is 2.08 bits per heavy atom. The largest absolute Gasteiger partial charge is 0.451 e. The number of ether oxygens (including phenoxy) is 1. The first-order valence-electron chi connectivity index (χ1n) is 4.26.